The molecular weight excluding hydrogens is 271 g/mol. The van der Waals surface area contributed by atoms with Crippen molar-refractivity contribution in [1.82, 2.24) is 0 Å². The van der Waals surface area contributed by atoms with Gasteiger partial charge in [-0.15, -0.1) is 0 Å². The minimum Gasteiger partial charge on any atom is -0.508 e. The summed E-state index contributed by atoms with van der Waals surface area (Å²) in [7, 11) is 0. The van der Waals surface area contributed by atoms with Crippen LogP contribution < -0.4 is 0 Å². The number of carbonyl (C=O) groups is 1. The van der Waals surface area contributed by atoms with E-state index < -0.39 is 5.82 Å². The molecule has 4 heteroatoms. The first-order valence-electron chi connectivity index (χ1n) is 6.48. The summed E-state index contributed by atoms with van der Waals surface area (Å²) < 4.78 is 17.5. The first-order chi connectivity index (χ1) is 9.81. The minimum absolute atomic E-state index is 0.0520. The summed E-state index contributed by atoms with van der Waals surface area (Å²) in [6.45, 7) is 5.92. The monoisotopic (exact) mass is 290 g/mol. The van der Waals surface area contributed by atoms with Gasteiger partial charge in [-0.1, -0.05) is 30.3 Å². The van der Waals surface area contributed by atoms with Crippen LogP contribution in [0.5, 0.6) is 5.75 Å². The Labute approximate surface area is 124 Å². The standard InChI is InChI=1S/C12H9FO.C5H10O2/c13-11-6-10(7-12(14)8-11)9-4-2-1-3-5-9;1-5(2,3)7-4-6/h1-8,14H;4H,1-3H3. The molecule has 2 aromatic carbocycles. The van der Waals surface area contributed by atoms with Gasteiger partial charge in [0.1, 0.15) is 17.2 Å². The second-order valence-corrected chi connectivity index (χ2v) is 5.39. The number of phenolic OH excluding ortho intramolecular Hbond substituents is 1. The molecule has 112 valence electrons. The number of hydrogen-bond acceptors (Lipinski definition) is 3. The van der Waals surface area contributed by atoms with E-state index >= 15 is 0 Å². The van der Waals surface area contributed by atoms with Crippen molar-refractivity contribution >= 4 is 6.47 Å². The van der Waals surface area contributed by atoms with Crippen LogP contribution in [0.15, 0.2) is 48.5 Å². The highest BCUT2D eigenvalue weighted by Crippen LogP contribution is 2.24. The Balaban J connectivity index is 0.000000270. The van der Waals surface area contributed by atoms with E-state index in [0.29, 0.717) is 12.0 Å². The fourth-order valence-corrected chi connectivity index (χ4v) is 1.52. The molecule has 3 nitrogen and oxygen atoms in total. The number of halogens is 1. The molecule has 0 saturated heterocycles. The summed E-state index contributed by atoms with van der Waals surface area (Å²) in [5, 5.41) is 9.22. The van der Waals surface area contributed by atoms with Crippen LogP contribution in [0.4, 0.5) is 4.39 Å². The first-order valence-corrected chi connectivity index (χ1v) is 6.48. The summed E-state index contributed by atoms with van der Waals surface area (Å²) in [5.74, 6) is -0.479. The molecule has 0 amide bonds. The lowest BCUT2D eigenvalue weighted by molar-refractivity contribution is -0.138. The topological polar surface area (TPSA) is 46.5 Å². The molecule has 0 aliphatic rings. The van der Waals surface area contributed by atoms with E-state index in [2.05, 4.69) is 4.74 Å². The van der Waals surface area contributed by atoms with Gasteiger partial charge in [0.25, 0.3) is 6.47 Å². The van der Waals surface area contributed by atoms with Gasteiger partial charge < -0.3 is 9.84 Å². The summed E-state index contributed by atoms with van der Waals surface area (Å²) in [6, 6.07) is 13.4. The molecular formula is C17H19FO3. The number of aromatic hydroxyl groups is 1. The van der Waals surface area contributed by atoms with Gasteiger partial charge in [0.2, 0.25) is 0 Å². The van der Waals surface area contributed by atoms with E-state index in [1.807, 2.05) is 51.1 Å². The van der Waals surface area contributed by atoms with Gasteiger partial charge in [-0.2, -0.15) is 0 Å². The lowest BCUT2D eigenvalue weighted by atomic mass is 10.1. The third-order valence-corrected chi connectivity index (χ3v) is 2.39. The molecule has 0 spiro atoms. The van der Waals surface area contributed by atoms with Gasteiger partial charge in [-0.3, -0.25) is 4.79 Å². The van der Waals surface area contributed by atoms with Gasteiger partial charge in [0.15, 0.2) is 0 Å². The maximum Gasteiger partial charge on any atom is 0.293 e. The molecule has 0 aliphatic heterocycles. The van der Waals surface area contributed by atoms with Gasteiger partial charge in [-0.05, 0) is 44.0 Å². The van der Waals surface area contributed by atoms with Crippen LogP contribution in [0.3, 0.4) is 0 Å². The van der Waals surface area contributed by atoms with Crippen molar-refractivity contribution in [2.45, 2.75) is 26.4 Å². The first kappa shape index (κ1) is 16.7. The number of rotatable bonds is 2. The zero-order valence-corrected chi connectivity index (χ0v) is 12.3. The van der Waals surface area contributed by atoms with Crippen LogP contribution in [-0.4, -0.2) is 17.2 Å². The molecule has 21 heavy (non-hydrogen) atoms. The third kappa shape index (κ3) is 6.56. The van der Waals surface area contributed by atoms with Gasteiger partial charge in [0.05, 0.1) is 0 Å². The average molecular weight is 290 g/mol. The molecule has 0 atom stereocenters. The Morgan fingerprint density at radius 2 is 1.67 bits per heavy atom. The highest BCUT2D eigenvalue weighted by Gasteiger charge is 2.07. The summed E-state index contributed by atoms with van der Waals surface area (Å²) in [5.41, 5.74) is 1.26. The fourth-order valence-electron chi connectivity index (χ4n) is 1.52. The fraction of sp³-hybridized carbons (Fsp3) is 0.235. The average Bonchev–Trinajstić information content (AvgIpc) is 2.38. The normalized spacial score (nSPS) is 10.3. The highest BCUT2D eigenvalue weighted by molar-refractivity contribution is 5.64. The summed E-state index contributed by atoms with van der Waals surface area (Å²) >= 11 is 0. The van der Waals surface area contributed by atoms with Crippen LogP contribution in [0, 0.1) is 5.82 Å². The Morgan fingerprint density at radius 1 is 1.05 bits per heavy atom. The molecule has 0 aromatic heterocycles. The Kier molecular flexibility index (Phi) is 5.91. The predicted octanol–water partition coefficient (Wildman–Crippen LogP) is 4.16. The number of ether oxygens (including phenoxy) is 1. The number of phenols is 1. The second-order valence-electron chi connectivity index (χ2n) is 5.39. The molecule has 2 aromatic rings. The molecule has 0 heterocycles. The Bertz CT molecular complexity index is 554. The summed E-state index contributed by atoms with van der Waals surface area (Å²) in [6.07, 6.45) is 0. The molecule has 0 aliphatic carbocycles. The maximum absolute atomic E-state index is 13.0. The van der Waals surface area contributed by atoms with Crippen molar-refractivity contribution in [2.24, 2.45) is 0 Å². The quantitative estimate of drug-likeness (QED) is 0.845. The minimum atomic E-state index is -0.427. The van der Waals surface area contributed by atoms with Crippen molar-refractivity contribution in [3.05, 3.63) is 54.3 Å². The number of benzene rings is 2. The number of hydrogen-bond donors (Lipinski definition) is 1. The van der Waals surface area contributed by atoms with E-state index in [4.69, 9.17) is 0 Å². The molecule has 0 fully saturated rings. The van der Waals surface area contributed by atoms with Crippen LogP contribution in [0.1, 0.15) is 20.8 Å². The SMILES string of the molecule is CC(C)(C)OC=O.Oc1cc(F)cc(-c2ccccc2)c1. The van der Waals surface area contributed by atoms with Crippen molar-refractivity contribution < 1.29 is 19.0 Å². The van der Waals surface area contributed by atoms with Gasteiger partial charge in [-0.25, -0.2) is 4.39 Å². The smallest absolute Gasteiger partial charge is 0.293 e. The van der Waals surface area contributed by atoms with Crippen LogP contribution in [-0.2, 0) is 9.53 Å². The van der Waals surface area contributed by atoms with Crippen LogP contribution >= 0.6 is 0 Å². The van der Waals surface area contributed by atoms with Crippen LogP contribution in [0.2, 0.25) is 0 Å². The van der Waals surface area contributed by atoms with Gasteiger partial charge >= 0.3 is 0 Å². The predicted molar refractivity (Wildman–Crippen MR) is 80.4 cm³/mol. The summed E-state index contributed by atoms with van der Waals surface area (Å²) in [4.78, 5) is 9.60. The molecule has 2 rings (SSSR count). The van der Waals surface area contributed by atoms with E-state index in [-0.39, 0.29) is 11.4 Å². The third-order valence-electron chi connectivity index (χ3n) is 2.39. The molecule has 1 N–H and O–H groups in total. The molecule has 0 saturated carbocycles. The van der Waals surface area contributed by atoms with E-state index in [1.54, 1.807) is 6.07 Å². The second kappa shape index (κ2) is 7.43. The Hall–Kier alpha value is -2.36. The lowest BCUT2D eigenvalue weighted by Crippen LogP contribution is -2.17. The zero-order chi connectivity index (χ0) is 15.9. The van der Waals surface area contributed by atoms with E-state index in [0.717, 1.165) is 11.6 Å². The lowest BCUT2D eigenvalue weighted by Gasteiger charge is -2.14. The maximum atomic E-state index is 13.0. The zero-order valence-electron chi connectivity index (χ0n) is 12.3. The number of carbonyl (C=O) groups excluding carboxylic acids is 1. The molecule has 0 unspecified atom stereocenters. The van der Waals surface area contributed by atoms with Crippen molar-refractivity contribution in [3.8, 4) is 16.9 Å². The largest absolute Gasteiger partial charge is 0.508 e. The van der Waals surface area contributed by atoms with Crippen molar-refractivity contribution in [1.29, 1.82) is 0 Å². The molecule has 0 bridgehead atoms. The van der Waals surface area contributed by atoms with Crippen LogP contribution in [0.25, 0.3) is 11.1 Å². The van der Waals surface area contributed by atoms with Gasteiger partial charge in [0, 0.05) is 6.07 Å². The van der Waals surface area contributed by atoms with Crippen molar-refractivity contribution in [3.63, 3.8) is 0 Å². The Morgan fingerprint density at radius 3 is 2.10 bits per heavy atom. The van der Waals surface area contributed by atoms with E-state index in [1.165, 1.54) is 6.07 Å². The van der Waals surface area contributed by atoms with Crippen molar-refractivity contribution in [2.75, 3.05) is 0 Å². The van der Waals surface area contributed by atoms with E-state index in [9.17, 15) is 14.3 Å². The molecule has 0 radical (unpaired) electrons. The highest BCUT2D eigenvalue weighted by atomic mass is 19.1.